The summed E-state index contributed by atoms with van der Waals surface area (Å²) in [6.45, 7) is 0. The normalized spacial score (nSPS) is 11.2. The zero-order chi connectivity index (χ0) is 14.6. The second-order valence-corrected chi connectivity index (χ2v) is 6.00. The number of carbonyl (C=O) groups is 1. The minimum absolute atomic E-state index is 0.0769. The smallest absolute Gasteiger partial charge is 0.265 e. The zero-order valence-electron chi connectivity index (χ0n) is 10.7. The van der Waals surface area contributed by atoms with Gasteiger partial charge in [-0.15, -0.1) is 0 Å². The van der Waals surface area contributed by atoms with Gasteiger partial charge >= 0.3 is 0 Å². The van der Waals surface area contributed by atoms with E-state index in [4.69, 9.17) is 4.55 Å². The first-order valence-corrected chi connectivity index (χ1v) is 7.70. The van der Waals surface area contributed by atoms with Crippen LogP contribution in [-0.4, -0.2) is 24.5 Å². The molecule has 4 nitrogen and oxygen atoms in total. The summed E-state index contributed by atoms with van der Waals surface area (Å²) in [6, 6.07) is 15.6. The van der Waals surface area contributed by atoms with E-state index in [1.165, 1.54) is 0 Å². The van der Waals surface area contributed by atoms with Crippen molar-refractivity contribution >= 4 is 15.9 Å². The molecule has 1 N–H and O–H groups in total. The van der Waals surface area contributed by atoms with Gasteiger partial charge in [0.2, 0.25) is 0 Å². The summed E-state index contributed by atoms with van der Waals surface area (Å²) in [7, 11) is -3.96. The standard InChI is InChI=1S/C15H14O4S/c16-15(13-4-2-1-3-5-13)14-8-6-12(7-9-14)10-11-20(17,18)19/h1-9H,10-11H2,(H,17,18,19). The second kappa shape index (κ2) is 5.98. The van der Waals surface area contributed by atoms with Crippen molar-refractivity contribution < 1.29 is 17.8 Å². The number of ketones is 1. The van der Waals surface area contributed by atoms with Gasteiger partial charge in [-0.2, -0.15) is 8.42 Å². The lowest BCUT2D eigenvalue weighted by molar-refractivity contribution is 0.103. The van der Waals surface area contributed by atoms with Gasteiger partial charge in [0.05, 0.1) is 5.75 Å². The Kier molecular flexibility index (Phi) is 4.32. The third-order valence-electron chi connectivity index (χ3n) is 2.90. The van der Waals surface area contributed by atoms with E-state index in [0.29, 0.717) is 11.1 Å². The van der Waals surface area contributed by atoms with Gasteiger partial charge in [-0.25, -0.2) is 0 Å². The van der Waals surface area contributed by atoms with Crippen molar-refractivity contribution in [2.45, 2.75) is 6.42 Å². The molecule has 0 aliphatic carbocycles. The molecule has 0 radical (unpaired) electrons. The van der Waals surface area contributed by atoms with Crippen molar-refractivity contribution in [3.63, 3.8) is 0 Å². The summed E-state index contributed by atoms with van der Waals surface area (Å²) in [4.78, 5) is 12.1. The second-order valence-electron chi connectivity index (χ2n) is 4.43. The summed E-state index contributed by atoms with van der Waals surface area (Å²) in [6.07, 6.45) is 0.221. The molecule has 0 atom stereocenters. The van der Waals surface area contributed by atoms with E-state index in [-0.39, 0.29) is 18.0 Å². The number of hydrogen-bond donors (Lipinski definition) is 1. The van der Waals surface area contributed by atoms with Crippen LogP contribution < -0.4 is 0 Å². The monoisotopic (exact) mass is 290 g/mol. The Bertz CT molecular complexity index is 688. The van der Waals surface area contributed by atoms with Crippen LogP contribution in [0.5, 0.6) is 0 Å². The van der Waals surface area contributed by atoms with Crippen molar-refractivity contribution in [1.29, 1.82) is 0 Å². The molecule has 0 amide bonds. The molecule has 2 rings (SSSR count). The van der Waals surface area contributed by atoms with Gasteiger partial charge in [0.15, 0.2) is 5.78 Å². The van der Waals surface area contributed by atoms with Gasteiger partial charge in [0.1, 0.15) is 0 Å². The summed E-state index contributed by atoms with van der Waals surface area (Å²) in [5.74, 6) is -0.397. The van der Waals surface area contributed by atoms with Crippen LogP contribution in [0.1, 0.15) is 21.5 Å². The molecule has 104 valence electrons. The lowest BCUT2D eigenvalue weighted by Gasteiger charge is -2.03. The molecule has 0 saturated carbocycles. The third-order valence-corrected chi connectivity index (χ3v) is 3.62. The van der Waals surface area contributed by atoms with Gasteiger partial charge in [0, 0.05) is 11.1 Å². The fraction of sp³-hybridized carbons (Fsp3) is 0.133. The molecule has 0 heterocycles. The lowest BCUT2D eigenvalue weighted by Crippen LogP contribution is -2.07. The SMILES string of the molecule is O=C(c1ccccc1)c1ccc(CCS(=O)(=O)O)cc1. The van der Waals surface area contributed by atoms with Gasteiger partial charge in [0.25, 0.3) is 10.1 Å². The highest BCUT2D eigenvalue weighted by atomic mass is 32.2. The van der Waals surface area contributed by atoms with E-state index < -0.39 is 10.1 Å². The first kappa shape index (κ1) is 14.4. The quantitative estimate of drug-likeness (QED) is 0.677. The average Bonchev–Trinajstić information content (AvgIpc) is 2.45. The van der Waals surface area contributed by atoms with Crippen molar-refractivity contribution in [3.8, 4) is 0 Å². The van der Waals surface area contributed by atoms with Crippen LogP contribution >= 0.6 is 0 Å². The zero-order valence-corrected chi connectivity index (χ0v) is 11.5. The predicted octanol–water partition coefficient (Wildman–Crippen LogP) is 2.35. The predicted molar refractivity (Wildman–Crippen MR) is 76.4 cm³/mol. The molecule has 0 aliphatic heterocycles. The summed E-state index contributed by atoms with van der Waals surface area (Å²) < 4.78 is 30.0. The highest BCUT2D eigenvalue weighted by Crippen LogP contribution is 2.11. The Hall–Kier alpha value is -1.98. The largest absolute Gasteiger partial charge is 0.289 e. The summed E-state index contributed by atoms with van der Waals surface area (Å²) >= 11 is 0. The van der Waals surface area contributed by atoms with Crippen LogP contribution in [0, 0.1) is 0 Å². The van der Waals surface area contributed by atoms with Crippen molar-refractivity contribution in [2.24, 2.45) is 0 Å². The minimum Gasteiger partial charge on any atom is -0.289 e. The molecule has 0 saturated heterocycles. The number of hydrogen-bond acceptors (Lipinski definition) is 3. The van der Waals surface area contributed by atoms with E-state index in [1.54, 1.807) is 48.5 Å². The Labute approximate surface area is 117 Å². The highest BCUT2D eigenvalue weighted by Gasteiger charge is 2.09. The Morgan fingerprint density at radius 3 is 2.00 bits per heavy atom. The van der Waals surface area contributed by atoms with Gasteiger partial charge in [-0.05, 0) is 12.0 Å². The van der Waals surface area contributed by atoms with Crippen LogP contribution in [0.15, 0.2) is 54.6 Å². The molecule has 0 unspecified atom stereocenters. The van der Waals surface area contributed by atoms with Crippen molar-refractivity contribution in [2.75, 3.05) is 5.75 Å². The first-order valence-electron chi connectivity index (χ1n) is 6.09. The number of aryl methyl sites for hydroxylation is 1. The maximum Gasteiger partial charge on any atom is 0.265 e. The van der Waals surface area contributed by atoms with E-state index in [1.807, 2.05) is 6.07 Å². The van der Waals surface area contributed by atoms with Crippen molar-refractivity contribution in [1.82, 2.24) is 0 Å². The fourth-order valence-corrected chi connectivity index (χ4v) is 2.32. The topological polar surface area (TPSA) is 71.4 Å². The molecule has 20 heavy (non-hydrogen) atoms. The Balaban J connectivity index is 2.11. The Morgan fingerprint density at radius 2 is 1.45 bits per heavy atom. The molecular formula is C15H14O4S. The molecule has 2 aromatic rings. The van der Waals surface area contributed by atoms with Crippen LogP contribution in [0.4, 0.5) is 0 Å². The molecule has 0 spiro atoms. The number of carbonyl (C=O) groups excluding carboxylic acids is 1. The molecule has 0 aromatic heterocycles. The first-order chi connectivity index (χ1) is 9.46. The average molecular weight is 290 g/mol. The van der Waals surface area contributed by atoms with Crippen molar-refractivity contribution in [3.05, 3.63) is 71.3 Å². The summed E-state index contributed by atoms with van der Waals surface area (Å²) in [5.41, 5.74) is 1.91. The van der Waals surface area contributed by atoms with Gasteiger partial charge in [-0.3, -0.25) is 9.35 Å². The third kappa shape index (κ3) is 4.01. The molecule has 0 fully saturated rings. The van der Waals surface area contributed by atoms with E-state index in [2.05, 4.69) is 0 Å². The molecular weight excluding hydrogens is 276 g/mol. The van der Waals surface area contributed by atoms with E-state index in [0.717, 1.165) is 5.56 Å². The lowest BCUT2D eigenvalue weighted by atomic mass is 10.0. The fourth-order valence-electron chi connectivity index (χ4n) is 1.83. The van der Waals surface area contributed by atoms with Gasteiger partial charge < -0.3 is 0 Å². The maximum absolute atomic E-state index is 12.1. The van der Waals surface area contributed by atoms with Gasteiger partial charge in [-0.1, -0.05) is 54.6 Å². The van der Waals surface area contributed by atoms with E-state index in [9.17, 15) is 13.2 Å². The number of rotatable bonds is 5. The molecule has 5 heteroatoms. The molecule has 2 aromatic carbocycles. The van der Waals surface area contributed by atoms with Crippen LogP contribution in [0.3, 0.4) is 0 Å². The maximum atomic E-state index is 12.1. The van der Waals surface area contributed by atoms with Crippen LogP contribution in [0.25, 0.3) is 0 Å². The van der Waals surface area contributed by atoms with Crippen LogP contribution in [0.2, 0.25) is 0 Å². The Morgan fingerprint density at radius 1 is 0.900 bits per heavy atom. The van der Waals surface area contributed by atoms with Crippen LogP contribution in [-0.2, 0) is 16.5 Å². The highest BCUT2D eigenvalue weighted by molar-refractivity contribution is 7.85. The number of benzene rings is 2. The minimum atomic E-state index is -3.96. The molecule has 0 aliphatic rings. The molecule has 0 bridgehead atoms. The summed E-state index contributed by atoms with van der Waals surface area (Å²) in [5, 5.41) is 0. The van der Waals surface area contributed by atoms with E-state index >= 15 is 0 Å².